The van der Waals surface area contributed by atoms with Gasteiger partial charge >= 0.3 is 6.09 Å². The molecule has 1 aromatic heterocycles. The maximum Gasteiger partial charge on any atom is 0.410 e. The molecule has 2 aliphatic rings. The number of ether oxygens (including phenoxy) is 1. The number of nitrogens with zero attached hydrogens (tertiary/aromatic N) is 4. The van der Waals surface area contributed by atoms with E-state index in [1.54, 1.807) is 4.90 Å². The average molecular weight is 288 g/mol. The van der Waals surface area contributed by atoms with Crippen LogP contribution in [0.4, 0.5) is 4.79 Å². The van der Waals surface area contributed by atoms with Crippen molar-refractivity contribution in [3.05, 3.63) is 17.0 Å². The van der Waals surface area contributed by atoms with E-state index in [2.05, 4.69) is 11.2 Å². The number of nitriles is 1. The van der Waals surface area contributed by atoms with E-state index in [9.17, 15) is 10.1 Å². The second-order valence-electron chi connectivity index (χ2n) is 6.75. The topological polar surface area (TPSA) is 71.2 Å². The summed E-state index contributed by atoms with van der Waals surface area (Å²) in [5.74, 6) is 0. The minimum Gasteiger partial charge on any atom is -0.444 e. The highest BCUT2D eigenvalue weighted by molar-refractivity contribution is 5.69. The summed E-state index contributed by atoms with van der Waals surface area (Å²) in [5.41, 5.74) is 1.82. The van der Waals surface area contributed by atoms with Crippen molar-refractivity contribution in [3.63, 3.8) is 0 Å². The molecule has 0 N–H and O–H groups in total. The number of amides is 1. The maximum atomic E-state index is 12.1. The third-order valence-corrected chi connectivity index (χ3v) is 3.96. The van der Waals surface area contributed by atoms with Gasteiger partial charge in [0.2, 0.25) is 0 Å². The van der Waals surface area contributed by atoms with Crippen LogP contribution in [-0.4, -0.2) is 26.4 Å². The summed E-state index contributed by atoms with van der Waals surface area (Å²) in [4.78, 5) is 13.7. The van der Waals surface area contributed by atoms with Gasteiger partial charge in [0.25, 0.3) is 0 Å². The highest BCUT2D eigenvalue weighted by Crippen LogP contribution is 2.35. The van der Waals surface area contributed by atoms with Crippen molar-refractivity contribution in [1.82, 2.24) is 14.7 Å². The lowest BCUT2D eigenvalue weighted by Crippen LogP contribution is -2.34. The molecule has 6 nitrogen and oxygen atoms in total. The van der Waals surface area contributed by atoms with Crippen LogP contribution >= 0.6 is 0 Å². The molecule has 6 heteroatoms. The molecule has 0 spiro atoms. The third-order valence-electron chi connectivity index (χ3n) is 3.96. The molecule has 0 radical (unpaired) electrons. The van der Waals surface area contributed by atoms with Crippen LogP contribution in [-0.2, 0) is 17.8 Å². The summed E-state index contributed by atoms with van der Waals surface area (Å²) in [7, 11) is 0. The fourth-order valence-corrected chi connectivity index (χ4v) is 2.71. The molecule has 1 amide bonds. The summed E-state index contributed by atoms with van der Waals surface area (Å²) >= 11 is 0. The molecular formula is C15H20N4O2. The van der Waals surface area contributed by atoms with Gasteiger partial charge < -0.3 is 4.74 Å². The molecule has 1 aliphatic carbocycles. The number of carbonyl (C=O) groups is 1. The number of hydrogen-bond donors (Lipinski definition) is 0. The van der Waals surface area contributed by atoms with Crippen LogP contribution < -0.4 is 0 Å². The fraction of sp³-hybridized carbons (Fsp3) is 0.667. The van der Waals surface area contributed by atoms with Crippen molar-refractivity contribution in [2.24, 2.45) is 0 Å². The quantitative estimate of drug-likeness (QED) is 0.796. The molecular weight excluding hydrogens is 268 g/mol. The highest BCUT2D eigenvalue weighted by atomic mass is 16.6. The molecule has 1 aliphatic heterocycles. The molecule has 1 aromatic rings. The van der Waals surface area contributed by atoms with Crippen LogP contribution in [0, 0.1) is 11.3 Å². The molecule has 0 unspecified atom stereocenters. The molecule has 112 valence electrons. The van der Waals surface area contributed by atoms with Crippen LogP contribution in [0.1, 0.15) is 63.0 Å². The molecule has 0 saturated heterocycles. The van der Waals surface area contributed by atoms with Gasteiger partial charge in [-0.2, -0.15) is 10.4 Å². The van der Waals surface area contributed by atoms with Crippen LogP contribution in [0.15, 0.2) is 0 Å². The van der Waals surface area contributed by atoms with Gasteiger partial charge in [0.15, 0.2) is 0 Å². The fourth-order valence-electron chi connectivity index (χ4n) is 2.71. The average Bonchev–Trinajstić information content (AvgIpc) is 2.81. The van der Waals surface area contributed by atoms with Gasteiger partial charge in [0.1, 0.15) is 17.4 Å². The van der Waals surface area contributed by atoms with E-state index in [4.69, 9.17) is 4.74 Å². The summed E-state index contributed by atoms with van der Waals surface area (Å²) < 4.78 is 7.24. The van der Waals surface area contributed by atoms with Gasteiger partial charge in [0.05, 0.1) is 24.8 Å². The summed E-state index contributed by atoms with van der Waals surface area (Å²) in [5, 5.41) is 14.0. The van der Waals surface area contributed by atoms with Gasteiger partial charge in [-0.05, 0) is 40.0 Å². The third kappa shape index (κ3) is 2.48. The monoisotopic (exact) mass is 288 g/mol. The van der Waals surface area contributed by atoms with Crippen LogP contribution in [0.2, 0.25) is 0 Å². The Morgan fingerprint density at radius 2 is 2.10 bits per heavy atom. The van der Waals surface area contributed by atoms with Crippen LogP contribution in [0.3, 0.4) is 0 Å². The first-order valence-electron chi connectivity index (χ1n) is 7.37. The lowest BCUT2D eigenvalue weighted by Gasteiger charge is -2.27. The normalized spacial score (nSPS) is 18.1. The van der Waals surface area contributed by atoms with Gasteiger partial charge in [-0.15, -0.1) is 0 Å². The molecule has 0 atom stereocenters. The Morgan fingerprint density at radius 1 is 1.38 bits per heavy atom. The standard InChI is InChI=1S/C15H20N4O2/c1-15(2,3)21-14(20)18-8-11-12(9-18)17-19(13(11)7-16)10-5-4-6-10/h10H,4-6,8-9H2,1-3H3. The van der Waals surface area contributed by atoms with Crippen molar-refractivity contribution in [3.8, 4) is 6.07 Å². The zero-order chi connectivity index (χ0) is 15.2. The van der Waals surface area contributed by atoms with Gasteiger partial charge in [-0.1, -0.05) is 0 Å². The predicted octanol–water partition coefficient (Wildman–Crippen LogP) is 2.73. The molecule has 0 bridgehead atoms. The lowest BCUT2D eigenvalue weighted by molar-refractivity contribution is 0.0238. The highest BCUT2D eigenvalue weighted by Gasteiger charge is 2.35. The maximum absolute atomic E-state index is 12.1. The van der Waals surface area contributed by atoms with Gasteiger partial charge in [-0.25, -0.2) is 4.79 Å². The lowest BCUT2D eigenvalue weighted by atomic mass is 9.93. The molecule has 21 heavy (non-hydrogen) atoms. The van der Waals surface area contributed by atoms with E-state index in [-0.39, 0.29) is 6.09 Å². The summed E-state index contributed by atoms with van der Waals surface area (Å²) in [6, 6.07) is 2.62. The van der Waals surface area contributed by atoms with Crippen LogP contribution in [0.5, 0.6) is 0 Å². The largest absolute Gasteiger partial charge is 0.444 e. The summed E-state index contributed by atoms with van der Waals surface area (Å²) in [6.07, 6.45) is 3.03. The Hall–Kier alpha value is -2.03. The second-order valence-corrected chi connectivity index (χ2v) is 6.75. The second kappa shape index (κ2) is 4.76. The molecule has 3 rings (SSSR count). The van der Waals surface area contributed by atoms with Crippen molar-refractivity contribution in [2.75, 3.05) is 0 Å². The summed E-state index contributed by atoms with van der Waals surface area (Å²) in [6.45, 7) is 6.38. The number of carbonyl (C=O) groups excluding carboxylic acids is 1. The number of rotatable bonds is 1. The Kier molecular flexibility index (Phi) is 3.16. The number of fused-ring (bicyclic) bond motifs is 1. The zero-order valence-electron chi connectivity index (χ0n) is 12.7. The van der Waals surface area contributed by atoms with Crippen molar-refractivity contribution in [2.45, 2.75) is 64.8 Å². The minimum absolute atomic E-state index is 0.348. The minimum atomic E-state index is -0.513. The molecule has 2 heterocycles. The Labute approximate surface area is 124 Å². The van der Waals surface area contributed by atoms with E-state index in [1.807, 2.05) is 25.5 Å². The zero-order valence-corrected chi connectivity index (χ0v) is 12.7. The number of hydrogen-bond acceptors (Lipinski definition) is 4. The van der Waals surface area contributed by atoms with Crippen molar-refractivity contribution < 1.29 is 9.53 Å². The SMILES string of the molecule is CC(C)(C)OC(=O)N1Cc2nn(C3CCC3)c(C#N)c2C1. The van der Waals surface area contributed by atoms with Gasteiger partial charge in [-0.3, -0.25) is 9.58 Å². The van der Waals surface area contributed by atoms with Crippen molar-refractivity contribution >= 4 is 6.09 Å². The Bertz CT molecular complexity index is 617. The predicted molar refractivity (Wildman–Crippen MR) is 75.3 cm³/mol. The van der Waals surface area contributed by atoms with E-state index in [0.29, 0.717) is 24.8 Å². The van der Waals surface area contributed by atoms with E-state index >= 15 is 0 Å². The molecule has 1 fully saturated rings. The van der Waals surface area contributed by atoms with E-state index in [0.717, 1.165) is 24.1 Å². The smallest absolute Gasteiger partial charge is 0.410 e. The number of aromatic nitrogens is 2. The first-order chi connectivity index (χ1) is 9.89. The van der Waals surface area contributed by atoms with E-state index < -0.39 is 5.60 Å². The van der Waals surface area contributed by atoms with Gasteiger partial charge in [0, 0.05) is 5.56 Å². The first kappa shape index (κ1) is 13.9. The molecule has 0 aromatic carbocycles. The first-order valence-corrected chi connectivity index (χ1v) is 7.37. The Morgan fingerprint density at radius 3 is 2.62 bits per heavy atom. The Balaban J connectivity index is 1.78. The van der Waals surface area contributed by atoms with E-state index in [1.165, 1.54) is 6.42 Å². The molecule has 1 saturated carbocycles. The van der Waals surface area contributed by atoms with Crippen LogP contribution in [0.25, 0.3) is 0 Å². The van der Waals surface area contributed by atoms with Crippen molar-refractivity contribution in [1.29, 1.82) is 5.26 Å².